The maximum atomic E-state index is 12.4. The molecule has 3 rings (SSSR count). The minimum atomic E-state index is -3.67. The summed E-state index contributed by atoms with van der Waals surface area (Å²) < 4.78 is 27.4. The van der Waals surface area contributed by atoms with E-state index < -0.39 is 10.0 Å². The van der Waals surface area contributed by atoms with Crippen LogP contribution in [0.2, 0.25) is 0 Å². The first-order valence-electron chi connectivity index (χ1n) is 7.92. The molecular formula is C17H20N4O3S. The van der Waals surface area contributed by atoms with Crippen molar-refractivity contribution < 1.29 is 8.42 Å². The molecule has 0 amide bonds. The van der Waals surface area contributed by atoms with Gasteiger partial charge < -0.3 is 4.98 Å². The summed E-state index contributed by atoms with van der Waals surface area (Å²) in [7, 11) is -3.67. The fourth-order valence-corrected chi connectivity index (χ4v) is 4.34. The van der Waals surface area contributed by atoms with E-state index in [0.29, 0.717) is 23.4 Å². The molecule has 0 aliphatic carbocycles. The van der Waals surface area contributed by atoms with Gasteiger partial charge in [-0.25, -0.2) is 13.1 Å². The smallest absolute Gasteiger partial charge is 0.251 e. The van der Waals surface area contributed by atoms with Gasteiger partial charge in [0.15, 0.2) is 0 Å². The minimum Gasteiger partial charge on any atom is -0.321 e. The number of hydrogen-bond acceptors (Lipinski definition) is 4. The molecule has 3 aromatic rings. The molecule has 3 N–H and O–H groups in total. The Morgan fingerprint density at radius 1 is 1.20 bits per heavy atom. The Kier molecular flexibility index (Phi) is 4.49. The van der Waals surface area contributed by atoms with E-state index in [4.69, 9.17) is 0 Å². The first-order valence-corrected chi connectivity index (χ1v) is 9.40. The van der Waals surface area contributed by atoms with Crippen molar-refractivity contribution in [2.75, 3.05) is 6.54 Å². The molecule has 0 saturated carbocycles. The molecule has 1 aromatic carbocycles. The van der Waals surface area contributed by atoms with Crippen LogP contribution in [0, 0.1) is 20.8 Å². The van der Waals surface area contributed by atoms with Gasteiger partial charge in [-0.05, 0) is 44.2 Å². The number of H-pyrrole nitrogens is 2. The van der Waals surface area contributed by atoms with Gasteiger partial charge in [0.05, 0.1) is 16.9 Å². The second-order valence-electron chi connectivity index (χ2n) is 6.07. The second kappa shape index (κ2) is 6.45. The largest absolute Gasteiger partial charge is 0.321 e. The molecule has 2 aromatic heterocycles. The van der Waals surface area contributed by atoms with Gasteiger partial charge in [0.1, 0.15) is 4.90 Å². The van der Waals surface area contributed by atoms with Gasteiger partial charge in [0.2, 0.25) is 10.0 Å². The summed E-state index contributed by atoms with van der Waals surface area (Å²) in [5.41, 5.74) is 3.06. The predicted molar refractivity (Wildman–Crippen MR) is 96.3 cm³/mol. The molecule has 25 heavy (non-hydrogen) atoms. The Balaban J connectivity index is 1.80. The number of nitrogens with zero attached hydrogens (tertiary/aromatic N) is 1. The Labute approximate surface area is 145 Å². The Hall–Kier alpha value is -2.45. The van der Waals surface area contributed by atoms with Crippen molar-refractivity contribution in [1.82, 2.24) is 19.9 Å². The number of nitrogens with one attached hydrogen (secondary N) is 3. The van der Waals surface area contributed by atoms with Crippen LogP contribution in [0.1, 0.15) is 22.5 Å². The van der Waals surface area contributed by atoms with Crippen LogP contribution in [0.25, 0.3) is 10.9 Å². The van der Waals surface area contributed by atoms with Crippen molar-refractivity contribution in [1.29, 1.82) is 0 Å². The van der Waals surface area contributed by atoms with Crippen LogP contribution in [-0.4, -0.2) is 30.1 Å². The van der Waals surface area contributed by atoms with E-state index in [0.717, 1.165) is 16.5 Å². The zero-order valence-corrected chi connectivity index (χ0v) is 15.1. The van der Waals surface area contributed by atoms with E-state index in [-0.39, 0.29) is 17.0 Å². The highest BCUT2D eigenvalue weighted by Crippen LogP contribution is 2.17. The standard InChI is InChI=1S/C17H20N4O3S/c1-10-5-4-6-13-9-14(17(22)19-15(10)13)7-8-18-25(23,24)16-11(2)20-21-12(16)3/h4-6,9,18H,7-8H2,1-3H3,(H,19,22)(H,20,21). The third kappa shape index (κ3) is 3.35. The van der Waals surface area contributed by atoms with Crippen LogP contribution in [0.3, 0.4) is 0 Å². The van der Waals surface area contributed by atoms with Crippen LogP contribution >= 0.6 is 0 Å². The minimum absolute atomic E-state index is 0.132. The van der Waals surface area contributed by atoms with Gasteiger partial charge in [0.25, 0.3) is 5.56 Å². The monoisotopic (exact) mass is 360 g/mol. The van der Waals surface area contributed by atoms with Crippen molar-refractivity contribution in [3.63, 3.8) is 0 Å². The molecule has 0 saturated heterocycles. The number of sulfonamides is 1. The van der Waals surface area contributed by atoms with Gasteiger partial charge >= 0.3 is 0 Å². The molecule has 0 bridgehead atoms. The van der Waals surface area contributed by atoms with Gasteiger partial charge in [0, 0.05) is 12.1 Å². The number of pyridine rings is 1. The molecule has 0 spiro atoms. The molecule has 0 radical (unpaired) electrons. The number of fused-ring (bicyclic) bond motifs is 1. The summed E-state index contributed by atoms with van der Waals surface area (Å²) in [6.07, 6.45) is 0.300. The fraction of sp³-hybridized carbons (Fsp3) is 0.294. The highest BCUT2D eigenvalue weighted by molar-refractivity contribution is 7.89. The summed E-state index contributed by atoms with van der Waals surface area (Å²) >= 11 is 0. The summed E-state index contributed by atoms with van der Waals surface area (Å²) in [6.45, 7) is 5.35. The number of aryl methyl sites for hydroxylation is 3. The molecule has 0 unspecified atom stereocenters. The highest BCUT2D eigenvalue weighted by Gasteiger charge is 2.21. The fourth-order valence-electron chi connectivity index (χ4n) is 2.94. The van der Waals surface area contributed by atoms with Crippen molar-refractivity contribution >= 4 is 20.9 Å². The van der Waals surface area contributed by atoms with E-state index in [1.54, 1.807) is 13.8 Å². The molecule has 7 nitrogen and oxygen atoms in total. The first-order chi connectivity index (χ1) is 11.8. The van der Waals surface area contributed by atoms with Crippen molar-refractivity contribution in [2.45, 2.75) is 32.1 Å². The maximum Gasteiger partial charge on any atom is 0.251 e. The van der Waals surface area contributed by atoms with Crippen LogP contribution in [0.5, 0.6) is 0 Å². The van der Waals surface area contributed by atoms with Gasteiger partial charge in [-0.15, -0.1) is 0 Å². The Morgan fingerprint density at radius 3 is 2.64 bits per heavy atom. The third-order valence-electron chi connectivity index (χ3n) is 4.18. The summed E-state index contributed by atoms with van der Waals surface area (Å²) in [6, 6.07) is 7.59. The average Bonchev–Trinajstić information content (AvgIpc) is 2.88. The molecule has 0 fully saturated rings. The lowest BCUT2D eigenvalue weighted by Gasteiger charge is -2.08. The van der Waals surface area contributed by atoms with Crippen molar-refractivity contribution in [3.8, 4) is 0 Å². The summed E-state index contributed by atoms with van der Waals surface area (Å²) in [4.78, 5) is 15.3. The van der Waals surface area contributed by atoms with E-state index in [2.05, 4.69) is 19.9 Å². The molecular weight excluding hydrogens is 340 g/mol. The molecule has 8 heteroatoms. The topological polar surface area (TPSA) is 108 Å². The van der Waals surface area contributed by atoms with E-state index in [1.165, 1.54) is 0 Å². The lowest BCUT2D eigenvalue weighted by atomic mass is 10.1. The second-order valence-corrected chi connectivity index (χ2v) is 7.78. The van der Waals surface area contributed by atoms with E-state index in [9.17, 15) is 13.2 Å². The quantitative estimate of drug-likeness (QED) is 0.643. The lowest BCUT2D eigenvalue weighted by Crippen LogP contribution is -2.28. The third-order valence-corrected chi connectivity index (χ3v) is 5.90. The Morgan fingerprint density at radius 2 is 1.96 bits per heavy atom. The molecule has 0 aliphatic heterocycles. The SMILES string of the molecule is Cc1n[nH]c(C)c1S(=O)(=O)NCCc1cc2cccc(C)c2[nH]c1=O. The van der Waals surface area contributed by atoms with Crippen LogP contribution < -0.4 is 10.3 Å². The molecule has 0 aliphatic rings. The average molecular weight is 360 g/mol. The number of hydrogen-bond donors (Lipinski definition) is 3. The normalized spacial score (nSPS) is 12.0. The number of aromatic amines is 2. The zero-order chi connectivity index (χ0) is 18.2. The van der Waals surface area contributed by atoms with Crippen molar-refractivity contribution in [2.24, 2.45) is 0 Å². The van der Waals surface area contributed by atoms with Crippen molar-refractivity contribution in [3.05, 3.63) is 57.1 Å². The number of para-hydroxylation sites is 1. The number of benzene rings is 1. The molecule has 0 atom stereocenters. The maximum absolute atomic E-state index is 12.4. The summed E-state index contributed by atoms with van der Waals surface area (Å²) in [5.74, 6) is 0. The lowest BCUT2D eigenvalue weighted by molar-refractivity contribution is 0.580. The number of rotatable bonds is 5. The first kappa shape index (κ1) is 17.4. The molecule has 2 heterocycles. The zero-order valence-electron chi connectivity index (χ0n) is 14.3. The number of aromatic nitrogens is 3. The van der Waals surface area contributed by atoms with Gasteiger partial charge in [-0.1, -0.05) is 18.2 Å². The van der Waals surface area contributed by atoms with Gasteiger partial charge in [-0.3, -0.25) is 9.89 Å². The highest BCUT2D eigenvalue weighted by atomic mass is 32.2. The molecule has 132 valence electrons. The predicted octanol–water partition coefficient (Wildman–Crippen LogP) is 1.70. The van der Waals surface area contributed by atoms with Gasteiger partial charge in [-0.2, -0.15) is 5.10 Å². The van der Waals surface area contributed by atoms with Crippen LogP contribution in [0.4, 0.5) is 0 Å². The van der Waals surface area contributed by atoms with Crippen LogP contribution in [0.15, 0.2) is 34.0 Å². The van der Waals surface area contributed by atoms with Crippen LogP contribution in [-0.2, 0) is 16.4 Å². The van der Waals surface area contributed by atoms with E-state index >= 15 is 0 Å². The Bertz CT molecular complexity index is 1080. The van der Waals surface area contributed by atoms with E-state index in [1.807, 2.05) is 31.2 Å². The summed E-state index contributed by atoms with van der Waals surface area (Å²) in [5, 5.41) is 7.50.